The molecule has 0 spiro atoms. The Morgan fingerprint density at radius 2 is 1.42 bits per heavy atom. The van der Waals surface area contributed by atoms with Gasteiger partial charge in [0.05, 0.1) is 24.1 Å². The van der Waals surface area contributed by atoms with Crippen molar-refractivity contribution in [2.75, 3.05) is 0 Å². The van der Waals surface area contributed by atoms with Crippen LogP contribution in [0.1, 0.15) is 46.3 Å². The van der Waals surface area contributed by atoms with Gasteiger partial charge in [-0.25, -0.2) is 4.39 Å². The average Bonchev–Trinajstić information content (AvgIpc) is 3.40. The van der Waals surface area contributed by atoms with Crippen LogP contribution in [0.2, 0.25) is 0 Å². The van der Waals surface area contributed by atoms with E-state index >= 15 is 0 Å². The summed E-state index contributed by atoms with van der Waals surface area (Å²) in [5, 5.41) is 31.6. The SMILES string of the molecule is CC(C)n1c(CC[C@@H](O)C[C@@H](O)CC(=O)O)c(-c2ccc(F)cc2)c2c3ccccc3n(-c3ccc(-c4ccccc4)cc3)c(=O)c21.[H-].[Na+]. The molecule has 242 valence electrons. The fourth-order valence-corrected chi connectivity index (χ4v) is 6.66. The summed E-state index contributed by atoms with van der Waals surface area (Å²) in [4.78, 5) is 25.9. The van der Waals surface area contributed by atoms with Crippen LogP contribution in [0, 0.1) is 5.82 Å². The predicted molar refractivity (Wildman–Crippen MR) is 185 cm³/mol. The second-order valence-corrected chi connectivity index (χ2v) is 12.3. The summed E-state index contributed by atoms with van der Waals surface area (Å²) in [6.45, 7) is 4.00. The zero-order chi connectivity index (χ0) is 33.2. The molecular formula is C39H38FN2NaO5. The van der Waals surface area contributed by atoms with Gasteiger partial charge < -0.3 is 21.3 Å². The van der Waals surface area contributed by atoms with E-state index in [1.807, 2.05) is 97.3 Å². The summed E-state index contributed by atoms with van der Waals surface area (Å²) in [5.41, 5.74) is 6.17. The van der Waals surface area contributed by atoms with Gasteiger partial charge in [0.25, 0.3) is 5.56 Å². The first-order valence-electron chi connectivity index (χ1n) is 15.8. The normalized spacial score (nSPS) is 12.7. The summed E-state index contributed by atoms with van der Waals surface area (Å²) in [7, 11) is 0. The van der Waals surface area contributed by atoms with Crippen LogP contribution in [0.3, 0.4) is 0 Å². The maximum Gasteiger partial charge on any atom is 1.00 e. The zero-order valence-electron chi connectivity index (χ0n) is 28.3. The second kappa shape index (κ2) is 15.0. The number of pyridine rings is 1. The molecule has 0 fully saturated rings. The van der Waals surface area contributed by atoms with Crippen LogP contribution in [-0.2, 0) is 11.2 Å². The molecule has 0 amide bonds. The Kier molecular flexibility index (Phi) is 11.0. The van der Waals surface area contributed by atoms with Crippen molar-refractivity contribution in [1.29, 1.82) is 0 Å². The summed E-state index contributed by atoms with van der Waals surface area (Å²) >= 11 is 0. The third-order valence-electron chi connectivity index (χ3n) is 8.68. The smallest absolute Gasteiger partial charge is 1.00 e. The van der Waals surface area contributed by atoms with Crippen LogP contribution in [0.15, 0.2) is 108 Å². The molecule has 0 bridgehead atoms. The molecule has 2 aromatic heterocycles. The van der Waals surface area contributed by atoms with Crippen LogP contribution >= 0.6 is 0 Å². The Labute approximate surface area is 301 Å². The molecule has 0 radical (unpaired) electrons. The van der Waals surface area contributed by atoms with Crippen molar-refractivity contribution in [3.05, 3.63) is 125 Å². The number of benzene rings is 4. The van der Waals surface area contributed by atoms with Crippen molar-refractivity contribution in [2.24, 2.45) is 0 Å². The number of aliphatic carboxylic acids is 1. The first-order valence-corrected chi connectivity index (χ1v) is 15.8. The molecule has 2 heterocycles. The number of hydrogen-bond donors (Lipinski definition) is 3. The third kappa shape index (κ3) is 7.04. The van der Waals surface area contributed by atoms with Gasteiger partial charge in [0, 0.05) is 33.8 Å². The number of carbonyl (C=O) groups is 1. The van der Waals surface area contributed by atoms with Gasteiger partial charge in [0.2, 0.25) is 0 Å². The zero-order valence-corrected chi connectivity index (χ0v) is 29.3. The minimum absolute atomic E-state index is 0. The molecule has 0 aliphatic rings. The third-order valence-corrected chi connectivity index (χ3v) is 8.68. The predicted octanol–water partition coefficient (Wildman–Crippen LogP) is 4.64. The topological polar surface area (TPSA) is 105 Å². The Balaban J connectivity index is 0.00000270. The molecule has 0 aliphatic heterocycles. The van der Waals surface area contributed by atoms with Crippen LogP contribution in [0.5, 0.6) is 0 Å². The largest absolute Gasteiger partial charge is 1.00 e. The minimum Gasteiger partial charge on any atom is -1.00 e. The van der Waals surface area contributed by atoms with Gasteiger partial charge in [-0.15, -0.1) is 0 Å². The van der Waals surface area contributed by atoms with E-state index in [9.17, 15) is 24.2 Å². The summed E-state index contributed by atoms with van der Waals surface area (Å²) in [6, 6.07) is 31.7. The van der Waals surface area contributed by atoms with Gasteiger partial charge in [-0.05, 0) is 80.1 Å². The van der Waals surface area contributed by atoms with Crippen molar-refractivity contribution >= 4 is 27.8 Å². The molecule has 7 nitrogen and oxygen atoms in total. The first-order chi connectivity index (χ1) is 22.6. The number of rotatable bonds is 11. The molecule has 0 saturated carbocycles. The molecule has 4 aromatic carbocycles. The number of para-hydroxylation sites is 1. The van der Waals surface area contributed by atoms with E-state index in [-0.39, 0.29) is 61.2 Å². The second-order valence-electron chi connectivity index (χ2n) is 12.3. The van der Waals surface area contributed by atoms with Crippen molar-refractivity contribution in [2.45, 2.75) is 57.8 Å². The average molecular weight is 657 g/mol. The Bertz CT molecular complexity index is 2110. The number of carboxylic acid groups (broad SMARTS) is 1. The minimum atomic E-state index is -1.18. The van der Waals surface area contributed by atoms with E-state index < -0.39 is 24.6 Å². The van der Waals surface area contributed by atoms with Crippen molar-refractivity contribution in [3.8, 4) is 27.9 Å². The van der Waals surface area contributed by atoms with Crippen LogP contribution in [-0.4, -0.2) is 42.6 Å². The van der Waals surface area contributed by atoms with Gasteiger partial charge >= 0.3 is 35.5 Å². The number of aliphatic hydroxyl groups is 2. The number of halogens is 1. The number of aliphatic hydroxyl groups excluding tert-OH is 2. The van der Waals surface area contributed by atoms with Gasteiger partial charge in [-0.1, -0.05) is 72.8 Å². The fraction of sp³-hybridized carbons (Fsp3) is 0.231. The Morgan fingerprint density at radius 3 is 2.06 bits per heavy atom. The molecule has 9 heteroatoms. The molecule has 0 unspecified atom stereocenters. The van der Waals surface area contributed by atoms with Gasteiger partial charge in [0.15, 0.2) is 0 Å². The standard InChI is InChI=1S/C39H37FN2O5.Na.H/c1-24(2)41-34(21-20-30(43)22-31(44)23-35(45)46)36(27-12-16-28(40)17-13-27)37-32-10-6-7-11-33(32)42(39(47)38(37)41)29-18-14-26(15-19-29)25-8-4-3-5-9-25;;/h3-19,24,30-31,43-44H,20-23H2,1-2H3,(H,45,46);;/q;+1;-1/t30-,31-;;/m1../s1. The first kappa shape index (κ1) is 35.3. The molecule has 6 rings (SSSR count). The number of aromatic nitrogens is 2. The molecular weight excluding hydrogens is 618 g/mol. The molecule has 48 heavy (non-hydrogen) atoms. The fourth-order valence-electron chi connectivity index (χ4n) is 6.66. The van der Waals surface area contributed by atoms with Crippen LogP contribution in [0.4, 0.5) is 4.39 Å². The molecule has 3 N–H and O–H groups in total. The van der Waals surface area contributed by atoms with Crippen LogP contribution in [0.25, 0.3) is 49.7 Å². The molecule has 0 saturated heterocycles. The van der Waals surface area contributed by atoms with E-state index in [2.05, 4.69) is 0 Å². The van der Waals surface area contributed by atoms with Crippen molar-refractivity contribution in [3.63, 3.8) is 0 Å². The van der Waals surface area contributed by atoms with Crippen molar-refractivity contribution < 1.29 is 55.5 Å². The van der Waals surface area contributed by atoms with E-state index in [1.165, 1.54) is 12.1 Å². The molecule has 0 aliphatic carbocycles. The number of fused-ring (bicyclic) bond motifs is 3. The maximum atomic E-state index is 14.8. The summed E-state index contributed by atoms with van der Waals surface area (Å²) in [5.74, 6) is -1.52. The summed E-state index contributed by atoms with van der Waals surface area (Å²) in [6.07, 6.45) is -2.14. The molecule has 6 aromatic rings. The monoisotopic (exact) mass is 656 g/mol. The number of nitrogens with zero attached hydrogens (tertiary/aromatic N) is 2. The van der Waals surface area contributed by atoms with Gasteiger partial charge in [-0.2, -0.15) is 0 Å². The number of hydrogen-bond acceptors (Lipinski definition) is 4. The van der Waals surface area contributed by atoms with E-state index in [1.54, 1.807) is 16.7 Å². The van der Waals surface area contributed by atoms with Crippen LogP contribution < -0.4 is 35.1 Å². The summed E-state index contributed by atoms with van der Waals surface area (Å²) < 4.78 is 17.9. The van der Waals surface area contributed by atoms with Crippen molar-refractivity contribution in [1.82, 2.24) is 9.13 Å². The number of carboxylic acids is 1. The maximum absolute atomic E-state index is 14.8. The Morgan fingerprint density at radius 1 is 0.812 bits per heavy atom. The quantitative estimate of drug-likeness (QED) is 0.177. The van der Waals surface area contributed by atoms with E-state index in [0.717, 1.165) is 49.9 Å². The molecule has 2 atom stereocenters. The Hall–Kier alpha value is -4.05. The van der Waals surface area contributed by atoms with E-state index in [4.69, 9.17) is 5.11 Å². The van der Waals surface area contributed by atoms with Gasteiger partial charge in [-0.3, -0.25) is 14.2 Å². The van der Waals surface area contributed by atoms with E-state index in [0.29, 0.717) is 11.9 Å². The van der Waals surface area contributed by atoms with Gasteiger partial charge in [0.1, 0.15) is 11.3 Å².